The lowest BCUT2D eigenvalue weighted by Crippen LogP contribution is -2.36. The zero-order chi connectivity index (χ0) is 18.8. The highest BCUT2D eigenvalue weighted by atomic mass is 16.6. The molecule has 2 N–H and O–H groups in total. The van der Waals surface area contributed by atoms with Gasteiger partial charge in [0.15, 0.2) is 5.96 Å². The highest BCUT2D eigenvalue weighted by Gasteiger charge is 2.12. The summed E-state index contributed by atoms with van der Waals surface area (Å²) >= 11 is 0. The van der Waals surface area contributed by atoms with Crippen LogP contribution >= 0.6 is 0 Å². The van der Waals surface area contributed by atoms with Gasteiger partial charge in [-0.2, -0.15) is 0 Å². The van der Waals surface area contributed by atoms with Gasteiger partial charge in [0.25, 0.3) is 5.69 Å². The summed E-state index contributed by atoms with van der Waals surface area (Å²) in [6, 6.07) is 14.4. The Balaban J connectivity index is 2.09. The van der Waals surface area contributed by atoms with Crippen LogP contribution in [0.2, 0.25) is 0 Å². The molecule has 0 aliphatic heterocycles. The van der Waals surface area contributed by atoms with Crippen molar-refractivity contribution in [1.29, 1.82) is 0 Å². The number of para-hydroxylation sites is 2. The molecule has 0 fully saturated rings. The van der Waals surface area contributed by atoms with E-state index in [0.29, 0.717) is 37.8 Å². The first-order valence-corrected chi connectivity index (χ1v) is 8.60. The number of nitrogens with zero attached hydrogens (tertiary/aromatic N) is 2. The lowest BCUT2D eigenvalue weighted by atomic mass is 10.2. The van der Waals surface area contributed by atoms with Gasteiger partial charge in [-0.1, -0.05) is 36.4 Å². The largest absolute Gasteiger partial charge is 0.494 e. The summed E-state index contributed by atoms with van der Waals surface area (Å²) < 4.78 is 5.62. The summed E-state index contributed by atoms with van der Waals surface area (Å²) in [5.74, 6) is 1.41. The van der Waals surface area contributed by atoms with Crippen molar-refractivity contribution in [2.24, 2.45) is 4.99 Å². The Morgan fingerprint density at radius 1 is 1.08 bits per heavy atom. The molecule has 0 aromatic heterocycles. The normalized spacial score (nSPS) is 11.1. The molecule has 2 aromatic rings. The quantitative estimate of drug-likeness (QED) is 0.328. The van der Waals surface area contributed by atoms with E-state index in [-0.39, 0.29) is 10.6 Å². The van der Waals surface area contributed by atoms with Crippen LogP contribution in [0.1, 0.15) is 25.0 Å². The first-order chi connectivity index (χ1) is 12.7. The van der Waals surface area contributed by atoms with Crippen molar-refractivity contribution in [3.05, 3.63) is 69.8 Å². The minimum Gasteiger partial charge on any atom is -0.494 e. The third kappa shape index (κ3) is 5.47. The van der Waals surface area contributed by atoms with Crippen LogP contribution in [0.15, 0.2) is 53.5 Å². The van der Waals surface area contributed by atoms with E-state index in [1.54, 1.807) is 18.2 Å². The van der Waals surface area contributed by atoms with Gasteiger partial charge in [-0.3, -0.25) is 10.1 Å². The van der Waals surface area contributed by atoms with Crippen LogP contribution in [-0.4, -0.2) is 24.0 Å². The third-order valence-corrected chi connectivity index (χ3v) is 3.66. The lowest BCUT2D eigenvalue weighted by molar-refractivity contribution is -0.385. The molecule has 2 rings (SSSR count). The number of hydrogen-bond donors (Lipinski definition) is 2. The predicted octanol–water partition coefficient (Wildman–Crippen LogP) is 3.25. The molecule has 7 nitrogen and oxygen atoms in total. The van der Waals surface area contributed by atoms with Crippen LogP contribution in [0.25, 0.3) is 0 Å². The Morgan fingerprint density at radius 2 is 1.77 bits per heavy atom. The van der Waals surface area contributed by atoms with Gasteiger partial charge in [0.1, 0.15) is 5.75 Å². The summed E-state index contributed by atoms with van der Waals surface area (Å²) in [6.45, 7) is 5.96. The van der Waals surface area contributed by atoms with Gasteiger partial charge in [-0.05, 0) is 19.9 Å². The van der Waals surface area contributed by atoms with Gasteiger partial charge in [0.2, 0.25) is 0 Å². The Morgan fingerprint density at radius 3 is 2.46 bits per heavy atom. The standard InChI is InChI=1S/C19H24N4O3/c1-3-20-19(21-13-15-9-5-7-11-17(15)23(24)25)22-14-16-10-6-8-12-18(16)26-4-2/h5-12H,3-4,13-14H2,1-2H3,(H2,20,21,22). The van der Waals surface area contributed by atoms with Crippen molar-refractivity contribution in [3.63, 3.8) is 0 Å². The van der Waals surface area contributed by atoms with Gasteiger partial charge in [-0.15, -0.1) is 0 Å². The second kappa shape index (κ2) is 10.0. The summed E-state index contributed by atoms with van der Waals surface area (Å²) in [5, 5.41) is 17.4. The molecular formula is C19H24N4O3. The maximum Gasteiger partial charge on any atom is 0.274 e. The van der Waals surface area contributed by atoms with Crippen molar-refractivity contribution in [3.8, 4) is 5.75 Å². The lowest BCUT2D eigenvalue weighted by Gasteiger charge is -2.13. The fourth-order valence-electron chi connectivity index (χ4n) is 2.45. The Kier molecular flexibility index (Phi) is 7.42. The highest BCUT2D eigenvalue weighted by Crippen LogP contribution is 2.19. The third-order valence-electron chi connectivity index (χ3n) is 3.66. The fraction of sp³-hybridized carbons (Fsp3) is 0.316. The van der Waals surface area contributed by atoms with Gasteiger partial charge >= 0.3 is 0 Å². The zero-order valence-corrected chi connectivity index (χ0v) is 15.1. The number of hydrogen-bond acceptors (Lipinski definition) is 4. The van der Waals surface area contributed by atoms with Gasteiger partial charge in [0.05, 0.1) is 18.1 Å². The number of ether oxygens (including phenoxy) is 1. The molecule has 0 radical (unpaired) electrons. The van der Waals surface area contributed by atoms with E-state index in [1.165, 1.54) is 6.07 Å². The highest BCUT2D eigenvalue weighted by molar-refractivity contribution is 5.79. The molecule has 2 aromatic carbocycles. The maximum atomic E-state index is 11.1. The molecular weight excluding hydrogens is 332 g/mol. The number of nitrogens with one attached hydrogen (secondary N) is 2. The number of guanidine groups is 1. The van der Waals surface area contributed by atoms with Gasteiger partial charge in [0, 0.05) is 30.3 Å². The first kappa shape index (κ1) is 19.2. The van der Waals surface area contributed by atoms with Crippen molar-refractivity contribution in [2.45, 2.75) is 26.9 Å². The molecule has 7 heteroatoms. The predicted molar refractivity (Wildman–Crippen MR) is 102 cm³/mol. The van der Waals surface area contributed by atoms with E-state index in [0.717, 1.165) is 11.3 Å². The minimum absolute atomic E-state index is 0.0949. The molecule has 0 bridgehead atoms. The van der Waals surface area contributed by atoms with Crippen molar-refractivity contribution < 1.29 is 9.66 Å². The van der Waals surface area contributed by atoms with E-state index < -0.39 is 0 Å². The molecule has 26 heavy (non-hydrogen) atoms. The maximum absolute atomic E-state index is 11.1. The average molecular weight is 356 g/mol. The Bertz CT molecular complexity index is 762. The minimum atomic E-state index is -0.376. The van der Waals surface area contributed by atoms with Crippen LogP contribution in [0, 0.1) is 10.1 Å². The van der Waals surface area contributed by atoms with E-state index in [1.807, 2.05) is 38.1 Å². The molecule has 0 saturated heterocycles. The van der Waals surface area contributed by atoms with Gasteiger partial charge < -0.3 is 15.4 Å². The van der Waals surface area contributed by atoms with Gasteiger partial charge in [-0.25, -0.2) is 4.99 Å². The van der Waals surface area contributed by atoms with E-state index >= 15 is 0 Å². The number of rotatable bonds is 8. The Labute approximate surface area is 153 Å². The SMILES string of the molecule is CCNC(=NCc1ccccc1OCC)NCc1ccccc1[N+](=O)[O-]. The van der Waals surface area contributed by atoms with Crippen LogP contribution in [0.5, 0.6) is 5.75 Å². The van der Waals surface area contributed by atoms with Crippen LogP contribution < -0.4 is 15.4 Å². The molecule has 0 aliphatic carbocycles. The zero-order valence-electron chi connectivity index (χ0n) is 15.1. The molecule has 0 atom stereocenters. The second-order valence-corrected chi connectivity index (χ2v) is 5.48. The molecule has 0 heterocycles. The summed E-state index contributed by atoms with van der Waals surface area (Å²) in [7, 11) is 0. The van der Waals surface area contributed by atoms with Crippen molar-refractivity contribution in [2.75, 3.05) is 13.2 Å². The Hall–Kier alpha value is -3.09. The summed E-state index contributed by atoms with van der Waals surface area (Å²) in [6.07, 6.45) is 0. The van der Waals surface area contributed by atoms with E-state index in [4.69, 9.17) is 4.74 Å². The van der Waals surface area contributed by atoms with Crippen molar-refractivity contribution >= 4 is 11.6 Å². The summed E-state index contributed by atoms with van der Waals surface area (Å²) in [5.41, 5.74) is 1.69. The molecule has 138 valence electrons. The van der Waals surface area contributed by atoms with Crippen LogP contribution in [0.4, 0.5) is 5.69 Å². The fourth-order valence-corrected chi connectivity index (χ4v) is 2.45. The van der Waals surface area contributed by atoms with E-state index in [2.05, 4.69) is 15.6 Å². The molecule has 0 saturated carbocycles. The van der Waals surface area contributed by atoms with Crippen LogP contribution in [0.3, 0.4) is 0 Å². The monoisotopic (exact) mass is 356 g/mol. The average Bonchev–Trinajstić information content (AvgIpc) is 2.65. The summed E-state index contributed by atoms with van der Waals surface area (Å²) in [4.78, 5) is 15.3. The molecule has 0 aliphatic rings. The van der Waals surface area contributed by atoms with Crippen molar-refractivity contribution in [1.82, 2.24) is 10.6 Å². The molecule has 0 amide bonds. The first-order valence-electron chi connectivity index (χ1n) is 8.60. The number of benzene rings is 2. The molecule has 0 unspecified atom stereocenters. The van der Waals surface area contributed by atoms with Crippen LogP contribution in [-0.2, 0) is 13.1 Å². The smallest absolute Gasteiger partial charge is 0.274 e. The number of nitro benzene ring substituents is 1. The number of nitro groups is 1. The topological polar surface area (TPSA) is 88.8 Å². The van der Waals surface area contributed by atoms with E-state index in [9.17, 15) is 10.1 Å². The molecule has 0 spiro atoms. The second-order valence-electron chi connectivity index (χ2n) is 5.48. The number of aliphatic imine (C=N–C) groups is 1.